The summed E-state index contributed by atoms with van der Waals surface area (Å²) < 4.78 is 31.9. The monoisotopic (exact) mass is 344 g/mol. The Bertz CT molecular complexity index is 331. The molecular weight excluding hydrogens is 329 g/mol. The Morgan fingerprint density at radius 3 is 2.81 bits per heavy atom. The molecule has 0 unspecified atom stereocenters. The molecule has 0 N–H and O–H groups in total. The molecule has 0 aliphatic carbocycles. The number of alkyl halides is 2. The van der Waals surface area contributed by atoms with E-state index in [1.807, 2.05) is 13.8 Å². The topological polar surface area (TPSA) is 27.1 Å². The zero-order valence-corrected chi connectivity index (χ0v) is 11.4. The minimum absolute atomic E-state index is 0.163. The molecule has 1 heterocycles. The van der Waals surface area contributed by atoms with Crippen LogP contribution in [0.4, 0.5) is 8.78 Å². The van der Waals surface area contributed by atoms with E-state index in [2.05, 4.69) is 27.7 Å². The molecule has 1 atom stereocenters. The largest absolute Gasteiger partial charge is 0.372 e. The number of aromatic nitrogens is 2. The van der Waals surface area contributed by atoms with Gasteiger partial charge in [-0.3, -0.25) is 4.68 Å². The molecule has 0 aromatic carbocycles. The zero-order valence-electron chi connectivity index (χ0n) is 9.29. The van der Waals surface area contributed by atoms with Crippen LogP contribution in [-0.2, 0) is 17.9 Å². The van der Waals surface area contributed by atoms with E-state index >= 15 is 0 Å². The van der Waals surface area contributed by atoms with E-state index in [9.17, 15) is 8.78 Å². The average molecular weight is 344 g/mol. The molecular formula is C10H15F2IN2O. The van der Waals surface area contributed by atoms with Gasteiger partial charge >= 0.3 is 0 Å². The van der Waals surface area contributed by atoms with Gasteiger partial charge in [0.1, 0.15) is 12.2 Å². The predicted octanol–water partition coefficient (Wildman–Crippen LogP) is 3.07. The lowest BCUT2D eigenvalue weighted by Crippen LogP contribution is -2.09. The van der Waals surface area contributed by atoms with Gasteiger partial charge < -0.3 is 4.74 Å². The van der Waals surface area contributed by atoms with Gasteiger partial charge in [0.15, 0.2) is 0 Å². The lowest BCUT2D eigenvalue weighted by molar-refractivity contribution is 0.0478. The fourth-order valence-corrected chi connectivity index (χ4v) is 1.69. The van der Waals surface area contributed by atoms with E-state index in [1.165, 1.54) is 4.68 Å². The summed E-state index contributed by atoms with van der Waals surface area (Å²) in [5.74, 6) is 0. The third-order valence-corrected chi connectivity index (χ3v) is 3.09. The van der Waals surface area contributed by atoms with Crippen LogP contribution in [0.1, 0.15) is 26.0 Å². The van der Waals surface area contributed by atoms with Crippen molar-refractivity contribution in [3.05, 3.63) is 15.5 Å². The van der Waals surface area contributed by atoms with Gasteiger partial charge in [0.2, 0.25) is 0 Å². The van der Waals surface area contributed by atoms with E-state index in [4.69, 9.17) is 4.74 Å². The number of ether oxygens (including phenoxy) is 1. The molecule has 92 valence electrons. The smallest absolute Gasteiger partial charge is 0.257 e. The van der Waals surface area contributed by atoms with E-state index in [0.29, 0.717) is 6.61 Å². The lowest BCUT2D eigenvalue weighted by atomic mass is 10.3. The van der Waals surface area contributed by atoms with Gasteiger partial charge in [-0.1, -0.05) is 6.92 Å². The summed E-state index contributed by atoms with van der Waals surface area (Å²) in [7, 11) is 0. The van der Waals surface area contributed by atoms with Crippen molar-refractivity contribution in [1.29, 1.82) is 0 Å². The van der Waals surface area contributed by atoms with E-state index in [-0.39, 0.29) is 12.6 Å². The molecule has 0 aliphatic heterocycles. The summed E-state index contributed by atoms with van der Waals surface area (Å²) in [4.78, 5) is 0. The summed E-state index contributed by atoms with van der Waals surface area (Å²) in [6, 6.07) is 0. The minimum atomic E-state index is -2.38. The van der Waals surface area contributed by atoms with Crippen LogP contribution in [0.15, 0.2) is 6.20 Å². The highest BCUT2D eigenvalue weighted by Gasteiger charge is 2.11. The van der Waals surface area contributed by atoms with Crippen molar-refractivity contribution in [3.63, 3.8) is 0 Å². The van der Waals surface area contributed by atoms with Crippen molar-refractivity contribution in [2.45, 2.75) is 45.9 Å². The first-order chi connectivity index (χ1) is 7.52. The van der Waals surface area contributed by atoms with Gasteiger partial charge in [-0.25, -0.2) is 8.78 Å². The molecule has 0 fully saturated rings. The number of nitrogens with zero attached hydrogens (tertiary/aromatic N) is 2. The second-order valence-electron chi connectivity index (χ2n) is 3.57. The maximum Gasteiger partial charge on any atom is 0.257 e. The van der Waals surface area contributed by atoms with Crippen LogP contribution < -0.4 is 0 Å². The third kappa shape index (κ3) is 4.32. The molecule has 0 saturated carbocycles. The summed E-state index contributed by atoms with van der Waals surface area (Å²) in [6.45, 7) is 4.02. The first-order valence-electron chi connectivity index (χ1n) is 5.14. The molecule has 1 rings (SSSR count). The first-order valence-corrected chi connectivity index (χ1v) is 6.22. The normalized spacial score (nSPS) is 13.4. The van der Waals surface area contributed by atoms with Crippen molar-refractivity contribution in [2.75, 3.05) is 0 Å². The highest BCUT2D eigenvalue weighted by molar-refractivity contribution is 14.1. The summed E-state index contributed by atoms with van der Waals surface area (Å²) in [6.07, 6.45) is 0.325. The number of hydrogen-bond donors (Lipinski definition) is 0. The summed E-state index contributed by atoms with van der Waals surface area (Å²) in [5, 5.41) is 4.06. The molecule has 6 heteroatoms. The van der Waals surface area contributed by atoms with Gasteiger partial charge in [-0.05, 0) is 35.9 Å². The predicted molar refractivity (Wildman–Crippen MR) is 65.5 cm³/mol. The molecule has 0 radical (unpaired) electrons. The minimum Gasteiger partial charge on any atom is -0.372 e. The van der Waals surface area contributed by atoms with Gasteiger partial charge in [0.05, 0.1) is 16.3 Å². The Morgan fingerprint density at radius 2 is 2.25 bits per heavy atom. The van der Waals surface area contributed by atoms with Crippen LogP contribution in [0.5, 0.6) is 0 Å². The van der Waals surface area contributed by atoms with Crippen molar-refractivity contribution in [2.24, 2.45) is 0 Å². The molecule has 0 aliphatic rings. The molecule has 0 bridgehead atoms. The molecule has 1 aromatic heterocycles. The van der Waals surface area contributed by atoms with Crippen molar-refractivity contribution < 1.29 is 13.5 Å². The van der Waals surface area contributed by atoms with Crippen molar-refractivity contribution in [3.8, 4) is 0 Å². The zero-order chi connectivity index (χ0) is 12.1. The Kier molecular flexibility index (Phi) is 5.60. The van der Waals surface area contributed by atoms with Gasteiger partial charge in [-0.15, -0.1) is 0 Å². The van der Waals surface area contributed by atoms with Crippen molar-refractivity contribution >= 4 is 22.6 Å². The van der Waals surface area contributed by atoms with Gasteiger partial charge in [0, 0.05) is 6.20 Å². The maximum atomic E-state index is 12.1. The molecule has 0 amide bonds. The fraction of sp³-hybridized carbons (Fsp3) is 0.700. The standard InChI is InChI=1S/C10H15F2IN2O/c1-3-7(2)16-6-9-8(13)4-15(14-9)5-10(11)12/h4,7,10H,3,5-6H2,1-2H3/t7-/m0/s1. The van der Waals surface area contributed by atoms with Crippen LogP contribution in [0.3, 0.4) is 0 Å². The van der Waals surface area contributed by atoms with E-state index in [0.717, 1.165) is 15.7 Å². The molecule has 16 heavy (non-hydrogen) atoms. The van der Waals surface area contributed by atoms with Crippen LogP contribution in [0, 0.1) is 3.57 Å². The van der Waals surface area contributed by atoms with E-state index in [1.54, 1.807) is 6.20 Å². The van der Waals surface area contributed by atoms with Crippen LogP contribution in [0.25, 0.3) is 0 Å². The molecule has 3 nitrogen and oxygen atoms in total. The summed E-state index contributed by atoms with van der Waals surface area (Å²) in [5.41, 5.74) is 0.724. The SMILES string of the molecule is CC[C@H](C)OCc1nn(CC(F)F)cc1I. The number of halogens is 3. The lowest BCUT2D eigenvalue weighted by Gasteiger charge is -2.08. The highest BCUT2D eigenvalue weighted by Crippen LogP contribution is 2.13. The Balaban J connectivity index is 2.56. The third-order valence-electron chi connectivity index (χ3n) is 2.19. The Morgan fingerprint density at radius 1 is 1.56 bits per heavy atom. The molecule has 1 aromatic rings. The van der Waals surface area contributed by atoms with Gasteiger partial charge in [-0.2, -0.15) is 5.10 Å². The van der Waals surface area contributed by atoms with Crippen LogP contribution in [-0.4, -0.2) is 22.3 Å². The van der Waals surface area contributed by atoms with Gasteiger partial charge in [0.25, 0.3) is 6.43 Å². The second-order valence-corrected chi connectivity index (χ2v) is 4.73. The quantitative estimate of drug-likeness (QED) is 0.742. The molecule has 0 spiro atoms. The number of rotatable bonds is 6. The Hall–Kier alpha value is -0.240. The van der Waals surface area contributed by atoms with Crippen LogP contribution >= 0.6 is 22.6 Å². The first kappa shape index (κ1) is 13.8. The highest BCUT2D eigenvalue weighted by atomic mass is 127. The number of hydrogen-bond acceptors (Lipinski definition) is 2. The molecule has 0 saturated heterocycles. The average Bonchev–Trinajstić information content (AvgIpc) is 2.54. The maximum absolute atomic E-state index is 12.1. The fourth-order valence-electron chi connectivity index (χ4n) is 1.11. The second kappa shape index (κ2) is 6.48. The van der Waals surface area contributed by atoms with Crippen LogP contribution in [0.2, 0.25) is 0 Å². The van der Waals surface area contributed by atoms with E-state index < -0.39 is 6.43 Å². The summed E-state index contributed by atoms with van der Waals surface area (Å²) >= 11 is 2.08. The Labute approximate surface area is 107 Å². The van der Waals surface area contributed by atoms with Crippen molar-refractivity contribution in [1.82, 2.24) is 9.78 Å².